The van der Waals surface area contributed by atoms with Gasteiger partial charge in [0.15, 0.2) is 0 Å². The van der Waals surface area contributed by atoms with E-state index < -0.39 is 5.63 Å². The molecule has 4 aromatic heterocycles. The quantitative estimate of drug-likeness (QED) is 0.122. The van der Waals surface area contributed by atoms with Gasteiger partial charge >= 0.3 is 5.63 Å². The molecule has 0 bridgehead atoms. The lowest BCUT2D eigenvalue weighted by atomic mass is 9.87. The minimum atomic E-state index is -0.447. The molecule has 14 nitrogen and oxygen atoms in total. The van der Waals surface area contributed by atoms with Gasteiger partial charge in [-0.05, 0) is 123 Å². The molecule has 0 amide bonds. The number of hydrogen-bond acceptors (Lipinski definition) is 13. The summed E-state index contributed by atoms with van der Waals surface area (Å²) in [6, 6.07) is 33.6. The number of morpholine rings is 1. The maximum absolute atomic E-state index is 14.5. The molecule has 4 aliphatic rings. The van der Waals surface area contributed by atoms with Crippen molar-refractivity contribution in [2.24, 2.45) is 37.1 Å². The zero-order valence-electron chi connectivity index (χ0n) is 51.6. The highest BCUT2D eigenvalue weighted by atomic mass is 79.9. The predicted molar refractivity (Wildman–Crippen MR) is 342 cm³/mol. The van der Waals surface area contributed by atoms with E-state index in [0.29, 0.717) is 49.7 Å². The third-order valence-corrected chi connectivity index (χ3v) is 14.6. The van der Waals surface area contributed by atoms with E-state index in [4.69, 9.17) is 23.8 Å². The van der Waals surface area contributed by atoms with Crippen LogP contribution in [0.25, 0.3) is 33.5 Å². The molecule has 0 radical (unpaired) electrons. The number of pyridine rings is 3. The zero-order chi connectivity index (χ0) is 60.9. The number of oxime groups is 3. The van der Waals surface area contributed by atoms with Crippen LogP contribution in [0, 0.1) is 27.5 Å². The Kier molecular flexibility index (Phi) is 21.2. The molecular formula is C69H84BrFN8O6. The largest absolute Gasteiger partial charge is 0.392 e. The topological polar surface area (TPSA) is 151 Å². The molecule has 7 aromatic rings. The molecule has 3 atom stereocenters. The first kappa shape index (κ1) is 63.7. The van der Waals surface area contributed by atoms with Crippen LogP contribution in [0.4, 0.5) is 10.1 Å². The summed E-state index contributed by atoms with van der Waals surface area (Å²) >= 11 is 3.43. The second-order valence-corrected chi connectivity index (χ2v) is 27.9. The van der Waals surface area contributed by atoms with Gasteiger partial charge in [-0.2, -0.15) is 0 Å². The van der Waals surface area contributed by atoms with Crippen molar-refractivity contribution in [3.05, 3.63) is 178 Å². The molecule has 0 spiro atoms. The van der Waals surface area contributed by atoms with Crippen molar-refractivity contribution < 1.29 is 28.2 Å². The standard InChI is InChI=1S/C19H22N2O.C18H23FN2O3.C18H21N3O.C14H18BrNO/c1-19(2,3)12-17-11-18(21-22-17)15-8-6-14(7-9-15)16-5-4-10-20-13-16;1-18(2,3)12-21-11-14(17(22)24-21)13-4-5-16(15(19)10-13)20-6-8-23-9-7-20;1-18(2,3)10-15-9-17(21-22-15)14-6-7-16(20-12-14)13-5-4-8-19-11-13;1-14(2,3)9-12-8-13(16-17-12)10-4-6-11(15)7-5-10/h4-10,13,17H,11-12H2,1-3H3;4-5,10-11H,6-9,12H2,1-3H3;4-8,11-12,15H,9-10H2,1-3H3;4-7,12H,8-9H2,1-3H3/t17-;;15-;12-/m1.11/s1. The number of halogens is 2. The first-order valence-electron chi connectivity index (χ1n) is 29.4. The van der Waals surface area contributed by atoms with Crippen LogP contribution in [0.1, 0.15) is 138 Å². The zero-order valence-corrected chi connectivity index (χ0v) is 53.2. The highest BCUT2D eigenvalue weighted by molar-refractivity contribution is 9.10. The van der Waals surface area contributed by atoms with Crippen LogP contribution in [0.2, 0.25) is 0 Å². The molecule has 8 heterocycles. The highest BCUT2D eigenvalue weighted by Gasteiger charge is 2.30. The molecular weight excluding hydrogens is 1140 g/mol. The SMILES string of the molecule is CC(C)(C)C[C@H]1CC(c2ccc(-c3cccnc3)cc2)=NO1.CC(C)(C)C[C@H]1CC(c2ccc(-c3cccnc3)nc2)=NO1.CC(C)(C)C[C@H]1CC(c2ccc(Br)cc2)=NO1.CC(C)(C)Cn1cc(-c2ccc(N3CCOCC3)c(F)c2)c(=O)o1. The van der Waals surface area contributed by atoms with Crippen LogP contribution in [0.15, 0.2) is 170 Å². The van der Waals surface area contributed by atoms with Crippen molar-refractivity contribution in [3.63, 3.8) is 0 Å². The fraction of sp³-hybridized carbons (Fsp3) is 0.435. The van der Waals surface area contributed by atoms with Crippen molar-refractivity contribution in [3.8, 4) is 33.5 Å². The van der Waals surface area contributed by atoms with E-state index in [1.165, 1.54) is 16.4 Å². The van der Waals surface area contributed by atoms with Gasteiger partial charge in [0.2, 0.25) is 0 Å². The molecule has 0 N–H and O–H groups in total. The van der Waals surface area contributed by atoms with Crippen molar-refractivity contribution in [1.29, 1.82) is 0 Å². The minimum Gasteiger partial charge on any atom is -0.392 e. The Morgan fingerprint density at radius 1 is 0.541 bits per heavy atom. The number of hydrogen-bond donors (Lipinski definition) is 0. The summed E-state index contributed by atoms with van der Waals surface area (Å²) in [7, 11) is 0. The number of ether oxygens (including phenoxy) is 1. The third kappa shape index (κ3) is 19.9. The molecule has 0 saturated carbocycles. The Bertz CT molecular complexity index is 3290. The Morgan fingerprint density at radius 3 is 1.47 bits per heavy atom. The number of aromatic nitrogens is 4. The van der Waals surface area contributed by atoms with Crippen molar-refractivity contribution in [1.82, 2.24) is 19.7 Å². The van der Waals surface area contributed by atoms with Gasteiger partial charge in [-0.25, -0.2) is 13.9 Å². The van der Waals surface area contributed by atoms with E-state index in [2.05, 4.69) is 178 Å². The molecule has 3 aromatic carbocycles. The molecule has 450 valence electrons. The average Bonchev–Trinajstić information content (AvgIpc) is 4.44. The van der Waals surface area contributed by atoms with Gasteiger partial charge in [0.05, 0.1) is 60.0 Å². The van der Waals surface area contributed by atoms with Gasteiger partial charge in [0.25, 0.3) is 0 Å². The first-order chi connectivity index (χ1) is 40.3. The number of anilines is 1. The summed E-state index contributed by atoms with van der Waals surface area (Å²) < 4.78 is 27.7. The lowest BCUT2D eigenvalue weighted by Gasteiger charge is -2.29. The molecule has 0 unspecified atom stereocenters. The smallest absolute Gasteiger partial charge is 0.365 e. The Morgan fingerprint density at radius 2 is 1.01 bits per heavy atom. The lowest BCUT2D eigenvalue weighted by Crippen LogP contribution is -2.36. The van der Waals surface area contributed by atoms with Crippen LogP contribution in [0.3, 0.4) is 0 Å². The number of nitrogens with zero attached hydrogens (tertiary/aromatic N) is 8. The molecule has 4 aliphatic heterocycles. The van der Waals surface area contributed by atoms with E-state index in [-0.39, 0.29) is 45.8 Å². The molecule has 1 saturated heterocycles. The third-order valence-electron chi connectivity index (χ3n) is 14.1. The molecule has 0 aliphatic carbocycles. The predicted octanol–water partition coefficient (Wildman–Crippen LogP) is 16.3. The summed E-state index contributed by atoms with van der Waals surface area (Å²) in [5.41, 5.74) is 12.5. The van der Waals surface area contributed by atoms with E-state index >= 15 is 0 Å². The van der Waals surface area contributed by atoms with Crippen LogP contribution >= 0.6 is 15.9 Å². The Labute approximate surface area is 510 Å². The summed E-state index contributed by atoms with van der Waals surface area (Å²) in [4.78, 5) is 43.5. The fourth-order valence-corrected chi connectivity index (χ4v) is 10.6. The molecule has 11 rings (SSSR count). The van der Waals surface area contributed by atoms with Crippen LogP contribution in [0.5, 0.6) is 0 Å². The molecule has 1 fully saturated rings. The second kappa shape index (κ2) is 28.3. The molecule has 16 heteroatoms. The number of benzene rings is 3. The van der Waals surface area contributed by atoms with Crippen LogP contribution < -0.4 is 10.5 Å². The summed E-state index contributed by atoms with van der Waals surface area (Å²) in [5.74, 6) is -0.336. The maximum Gasteiger partial charge on any atom is 0.365 e. The Hall–Kier alpha value is -7.30. The maximum atomic E-state index is 14.5. The van der Waals surface area contributed by atoms with Gasteiger partial charge in [-0.1, -0.05) is 163 Å². The average molecular weight is 1220 g/mol. The second-order valence-electron chi connectivity index (χ2n) is 27.0. The lowest BCUT2D eigenvalue weighted by molar-refractivity contribution is 0.0538. The van der Waals surface area contributed by atoms with Gasteiger partial charge in [0, 0.05) is 78.9 Å². The highest BCUT2D eigenvalue weighted by Crippen LogP contribution is 2.33. The van der Waals surface area contributed by atoms with Crippen LogP contribution in [-0.2, 0) is 25.8 Å². The van der Waals surface area contributed by atoms with E-state index in [0.717, 1.165) is 93.6 Å². The van der Waals surface area contributed by atoms with E-state index in [1.54, 1.807) is 30.7 Å². The van der Waals surface area contributed by atoms with Gasteiger partial charge in [-0.15, -0.1) is 0 Å². The number of rotatable bonds is 11. The summed E-state index contributed by atoms with van der Waals surface area (Å²) in [5, 5.41) is 12.7. The van der Waals surface area contributed by atoms with E-state index in [1.807, 2.05) is 59.9 Å². The van der Waals surface area contributed by atoms with Gasteiger partial charge < -0.3 is 28.7 Å². The monoisotopic (exact) mass is 1220 g/mol. The van der Waals surface area contributed by atoms with E-state index in [9.17, 15) is 9.18 Å². The summed E-state index contributed by atoms with van der Waals surface area (Å²) in [6.07, 6.45) is 17.1. The minimum absolute atomic E-state index is 0.0162. The van der Waals surface area contributed by atoms with Crippen LogP contribution in [-0.4, -0.2) is 81.4 Å². The molecule has 85 heavy (non-hydrogen) atoms. The van der Waals surface area contributed by atoms with Gasteiger partial charge in [-0.3, -0.25) is 15.0 Å². The first-order valence-corrected chi connectivity index (χ1v) is 30.2. The van der Waals surface area contributed by atoms with Gasteiger partial charge in [0.1, 0.15) is 24.1 Å². The fourth-order valence-electron chi connectivity index (χ4n) is 10.3. The van der Waals surface area contributed by atoms with Crippen molar-refractivity contribution in [2.75, 3.05) is 31.2 Å². The normalized spacial score (nSPS) is 17.7. The summed E-state index contributed by atoms with van der Waals surface area (Å²) in [6.45, 7) is 29.3. The van der Waals surface area contributed by atoms with Crippen molar-refractivity contribution >= 4 is 38.8 Å². The Balaban J connectivity index is 0.000000149. The van der Waals surface area contributed by atoms with Crippen molar-refractivity contribution in [2.45, 2.75) is 146 Å².